The first-order valence-corrected chi connectivity index (χ1v) is 8.11. The summed E-state index contributed by atoms with van der Waals surface area (Å²) in [5.41, 5.74) is 1.00. The third-order valence-corrected chi connectivity index (χ3v) is 3.79. The maximum Gasteiger partial charge on any atom is 0.270 e. The number of benzene rings is 1. The number of carbonyl (C=O) groups excluding carboxylic acids is 1. The molecule has 2 heterocycles. The molecule has 134 valence electrons. The Labute approximate surface area is 150 Å². The lowest BCUT2D eigenvalue weighted by Gasteiger charge is -2.09. The van der Waals surface area contributed by atoms with E-state index in [0.717, 1.165) is 5.56 Å². The van der Waals surface area contributed by atoms with Gasteiger partial charge in [0.1, 0.15) is 29.3 Å². The summed E-state index contributed by atoms with van der Waals surface area (Å²) in [6.07, 6.45) is 2.96. The Kier molecular flexibility index (Phi) is 5.17. The maximum absolute atomic E-state index is 12.5. The molecule has 3 aromatic rings. The summed E-state index contributed by atoms with van der Waals surface area (Å²) in [7, 11) is 1.58. The summed E-state index contributed by atoms with van der Waals surface area (Å²) in [5, 5.41) is 2.67. The van der Waals surface area contributed by atoms with Crippen LogP contribution in [0.3, 0.4) is 0 Å². The molecule has 0 fully saturated rings. The lowest BCUT2D eigenvalue weighted by atomic mass is 10.2. The molecule has 7 nitrogen and oxygen atoms in total. The molecule has 3 rings (SSSR count). The van der Waals surface area contributed by atoms with E-state index in [-0.39, 0.29) is 18.7 Å². The summed E-state index contributed by atoms with van der Waals surface area (Å²) in [5.74, 6) is 0.853. The average molecular weight is 353 g/mol. The first-order chi connectivity index (χ1) is 12.6. The van der Waals surface area contributed by atoms with Gasteiger partial charge in [-0.3, -0.25) is 14.0 Å². The Bertz CT molecular complexity index is 997. The van der Waals surface area contributed by atoms with E-state index in [2.05, 4.69) is 10.3 Å². The van der Waals surface area contributed by atoms with Crippen LogP contribution in [0.25, 0.3) is 5.65 Å². The minimum absolute atomic E-state index is 0.00511. The first kappa shape index (κ1) is 17.5. The van der Waals surface area contributed by atoms with Gasteiger partial charge in [-0.15, -0.1) is 0 Å². The van der Waals surface area contributed by atoms with E-state index in [4.69, 9.17) is 9.47 Å². The van der Waals surface area contributed by atoms with E-state index >= 15 is 0 Å². The Morgan fingerprint density at radius 2 is 2.04 bits per heavy atom. The average Bonchev–Trinajstić information content (AvgIpc) is 2.66. The van der Waals surface area contributed by atoms with Gasteiger partial charge in [-0.25, -0.2) is 4.98 Å². The van der Waals surface area contributed by atoms with Gasteiger partial charge in [-0.1, -0.05) is 12.1 Å². The number of ether oxygens (including phenoxy) is 2. The molecule has 0 saturated heterocycles. The number of hydrogen-bond acceptors (Lipinski definition) is 5. The third-order valence-electron chi connectivity index (χ3n) is 3.79. The molecule has 1 N–H and O–H groups in total. The number of aryl methyl sites for hydroxylation is 1. The fourth-order valence-corrected chi connectivity index (χ4v) is 2.46. The molecule has 0 aliphatic heterocycles. The maximum atomic E-state index is 12.5. The van der Waals surface area contributed by atoms with Gasteiger partial charge in [0, 0.05) is 18.5 Å². The molecule has 0 aliphatic rings. The molecule has 0 radical (unpaired) electrons. The standard InChI is InChI=1S/C19H19N3O4/c1-13-6-7-17-21-11-16(19(24)22(17)12-13)18(23)20-8-9-26-15-5-3-4-14(10-15)25-2/h3-7,10-12H,8-9H2,1-2H3,(H,20,23). The number of carbonyl (C=O) groups is 1. The number of aromatic nitrogens is 2. The highest BCUT2D eigenvalue weighted by molar-refractivity contribution is 5.93. The number of rotatable bonds is 6. The zero-order valence-corrected chi connectivity index (χ0v) is 14.6. The number of methoxy groups -OCH3 is 1. The van der Waals surface area contributed by atoms with Crippen molar-refractivity contribution >= 4 is 11.6 Å². The van der Waals surface area contributed by atoms with Crippen LogP contribution in [0.2, 0.25) is 0 Å². The fraction of sp³-hybridized carbons (Fsp3) is 0.211. The Balaban J connectivity index is 1.62. The normalized spacial score (nSPS) is 10.5. The molecular formula is C19H19N3O4. The van der Waals surface area contributed by atoms with Crippen LogP contribution >= 0.6 is 0 Å². The summed E-state index contributed by atoms with van der Waals surface area (Å²) in [4.78, 5) is 28.9. The van der Waals surface area contributed by atoms with E-state index < -0.39 is 11.5 Å². The minimum atomic E-state index is -0.479. The highest BCUT2D eigenvalue weighted by Crippen LogP contribution is 2.18. The van der Waals surface area contributed by atoms with Gasteiger partial charge >= 0.3 is 0 Å². The molecular weight excluding hydrogens is 334 g/mol. The van der Waals surface area contributed by atoms with Crippen LogP contribution < -0.4 is 20.3 Å². The van der Waals surface area contributed by atoms with Crippen molar-refractivity contribution in [2.24, 2.45) is 0 Å². The molecule has 1 aromatic carbocycles. The number of amides is 1. The second-order valence-corrected chi connectivity index (χ2v) is 5.70. The first-order valence-electron chi connectivity index (χ1n) is 8.11. The smallest absolute Gasteiger partial charge is 0.270 e. The Hall–Kier alpha value is -3.35. The van der Waals surface area contributed by atoms with Crippen molar-refractivity contribution in [2.45, 2.75) is 6.92 Å². The van der Waals surface area contributed by atoms with Gasteiger partial charge in [0.2, 0.25) is 0 Å². The number of hydrogen-bond donors (Lipinski definition) is 1. The van der Waals surface area contributed by atoms with Crippen LogP contribution in [-0.2, 0) is 0 Å². The summed E-state index contributed by atoms with van der Waals surface area (Å²) >= 11 is 0. The van der Waals surface area contributed by atoms with Gasteiger partial charge in [-0.2, -0.15) is 0 Å². The molecule has 2 aromatic heterocycles. The summed E-state index contributed by atoms with van der Waals surface area (Å²) < 4.78 is 12.0. The van der Waals surface area contributed by atoms with Crippen LogP contribution in [0, 0.1) is 6.92 Å². The molecule has 0 atom stereocenters. The predicted octanol–water partition coefficient (Wildman–Crippen LogP) is 1.82. The molecule has 0 bridgehead atoms. The number of nitrogens with one attached hydrogen (secondary N) is 1. The van der Waals surface area contributed by atoms with Crippen LogP contribution in [0.1, 0.15) is 15.9 Å². The molecule has 26 heavy (non-hydrogen) atoms. The van der Waals surface area contributed by atoms with Crippen molar-refractivity contribution in [1.29, 1.82) is 0 Å². The quantitative estimate of drug-likeness (QED) is 0.684. The SMILES string of the molecule is COc1cccc(OCCNC(=O)c2cnc3ccc(C)cn3c2=O)c1. The van der Waals surface area contributed by atoms with Crippen LogP contribution in [-0.4, -0.2) is 35.6 Å². The molecule has 0 saturated carbocycles. The second-order valence-electron chi connectivity index (χ2n) is 5.70. The molecule has 7 heteroatoms. The highest BCUT2D eigenvalue weighted by atomic mass is 16.5. The fourth-order valence-electron chi connectivity index (χ4n) is 2.46. The van der Waals surface area contributed by atoms with Crippen LogP contribution in [0.4, 0.5) is 0 Å². The Morgan fingerprint density at radius 3 is 2.85 bits per heavy atom. The zero-order valence-electron chi connectivity index (χ0n) is 14.6. The van der Waals surface area contributed by atoms with Crippen molar-refractivity contribution in [2.75, 3.05) is 20.3 Å². The van der Waals surface area contributed by atoms with E-state index in [1.54, 1.807) is 31.5 Å². The van der Waals surface area contributed by atoms with E-state index in [1.165, 1.54) is 10.6 Å². The van der Waals surface area contributed by atoms with E-state index in [1.807, 2.05) is 25.1 Å². The Morgan fingerprint density at radius 1 is 1.23 bits per heavy atom. The lowest BCUT2D eigenvalue weighted by Crippen LogP contribution is -2.34. The minimum Gasteiger partial charge on any atom is -0.497 e. The topological polar surface area (TPSA) is 81.9 Å². The second kappa shape index (κ2) is 7.69. The molecule has 0 spiro atoms. The number of fused-ring (bicyclic) bond motifs is 1. The summed E-state index contributed by atoms with van der Waals surface area (Å²) in [6, 6.07) is 10.8. The van der Waals surface area contributed by atoms with Crippen molar-refractivity contribution in [3.63, 3.8) is 0 Å². The largest absolute Gasteiger partial charge is 0.497 e. The van der Waals surface area contributed by atoms with Crippen molar-refractivity contribution in [1.82, 2.24) is 14.7 Å². The van der Waals surface area contributed by atoms with Gasteiger partial charge < -0.3 is 14.8 Å². The van der Waals surface area contributed by atoms with Gasteiger partial charge in [0.25, 0.3) is 11.5 Å². The number of nitrogens with zero attached hydrogens (tertiary/aromatic N) is 2. The predicted molar refractivity (Wildman–Crippen MR) is 97.0 cm³/mol. The van der Waals surface area contributed by atoms with E-state index in [0.29, 0.717) is 17.1 Å². The molecule has 0 unspecified atom stereocenters. The van der Waals surface area contributed by atoms with Gasteiger partial charge in [0.05, 0.1) is 13.7 Å². The molecule has 0 aliphatic carbocycles. The third kappa shape index (κ3) is 3.83. The number of pyridine rings is 1. The monoisotopic (exact) mass is 353 g/mol. The van der Waals surface area contributed by atoms with Crippen molar-refractivity contribution < 1.29 is 14.3 Å². The van der Waals surface area contributed by atoms with Crippen molar-refractivity contribution in [3.05, 3.63) is 70.3 Å². The van der Waals surface area contributed by atoms with Crippen molar-refractivity contribution in [3.8, 4) is 11.5 Å². The molecule has 1 amide bonds. The summed E-state index contributed by atoms with van der Waals surface area (Å²) in [6.45, 7) is 2.39. The lowest BCUT2D eigenvalue weighted by molar-refractivity contribution is 0.0945. The van der Waals surface area contributed by atoms with E-state index in [9.17, 15) is 9.59 Å². The highest BCUT2D eigenvalue weighted by Gasteiger charge is 2.13. The van der Waals surface area contributed by atoms with Gasteiger partial charge in [0.15, 0.2) is 0 Å². The van der Waals surface area contributed by atoms with Crippen LogP contribution in [0.5, 0.6) is 11.5 Å². The zero-order chi connectivity index (χ0) is 18.5. The van der Waals surface area contributed by atoms with Crippen LogP contribution in [0.15, 0.2) is 53.6 Å². The van der Waals surface area contributed by atoms with Gasteiger partial charge in [-0.05, 0) is 30.7 Å².